The topological polar surface area (TPSA) is 43.4 Å². The monoisotopic (exact) mass is 306 g/mol. The molecule has 0 aliphatic heterocycles. The molecule has 4 heteroatoms. The second-order valence-electron chi connectivity index (χ2n) is 4.65. The van der Waals surface area contributed by atoms with E-state index < -0.39 is 9.84 Å². The number of unbranched alkanes of at least 4 members (excludes halogenated alkanes) is 1. The quantitative estimate of drug-likeness (QED) is 0.571. The van der Waals surface area contributed by atoms with Gasteiger partial charge in [-0.15, -0.1) is 0 Å². The molecule has 0 amide bonds. The highest BCUT2D eigenvalue weighted by atomic mass is 32.2. The average molecular weight is 306 g/mol. The molecule has 0 bridgehead atoms. The summed E-state index contributed by atoms with van der Waals surface area (Å²) in [6, 6.07) is 8.43. The van der Waals surface area contributed by atoms with E-state index in [9.17, 15) is 8.42 Å². The normalized spacial score (nSPS) is 11.8. The summed E-state index contributed by atoms with van der Waals surface area (Å²) in [4.78, 5) is 0.303. The van der Waals surface area contributed by atoms with Gasteiger partial charge in [0.15, 0.2) is 0 Å². The number of hydrogen-bond acceptors (Lipinski definition) is 3. The highest BCUT2D eigenvalue weighted by Crippen LogP contribution is 2.16. The van der Waals surface area contributed by atoms with Gasteiger partial charge < -0.3 is 4.74 Å². The van der Waals surface area contributed by atoms with Crippen molar-refractivity contribution >= 4 is 9.84 Å². The molecule has 0 atom stereocenters. The van der Waals surface area contributed by atoms with Crippen LogP contribution in [0.25, 0.3) is 0 Å². The molecule has 0 radical (unpaired) electrons. The van der Waals surface area contributed by atoms with E-state index in [1.807, 2.05) is 0 Å². The number of benzene rings is 1. The number of rotatable bonds is 7. The summed E-state index contributed by atoms with van der Waals surface area (Å²) < 4.78 is 29.6. The Bertz CT molecular complexity index is 604. The minimum Gasteiger partial charge on any atom is -0.384 e. The molecule has 1 aromatic rings. The fourth-order valence-electron chi connectivity index (χ4n) is 1.71. The fourth-order valence-corrected chi connectivity index (χ4v) is 2.94. The highest BCUT2D eigenvalue weighted by molar-refractivity contribution is 7.94. The summed E-state index contributed by atoms with van der Waals surface area (Å²) in [5.74, 6) is 5.93. The van der Waals surface area contributed by atoms with E-state index in [2.05, 4.69) is 18.8 Å². The summed E-state index contributed by atoms with van der Waals surface area (Å²) in [5.41, 5.74) is 0.664. The molecule has 0 spiro atoms. The lowest BCUT2D eigenvalue weighted by Crippen LogP contribution is -1.98. The van der Waals surface area contributed by atoms with Gasteiger partial charge in [0, 0.05) is 24.5 Å². The predicted octanol–water partition coefficient (Wildman–Crippen LogP) is 3.57. The fraction of sp³-hybridized carbons (Fsp3) is 0.412. The maximum absolute atomic E-state index is 12.3. The van der Waals surface area contributed by atoms with Crippen LogP contribution in [0.1, 0.15) is 32.6 Å². The van der Waals surface area contributed by atoms with Crippen molar-refractivity contribution in [3.05, 3.63) is 41.3 Å². The molecule has 1 rings (SSSR count). The molecule has 0 aliphatic rings. The van der Waals surface area contributed by atoms with Gasteiger partial charge in [0.2, 0.25) is 9.84 Å². The van der Waals surface area contributed by atoms with E-state index in [1.165, 1.54) is 5.41 Å². The molecular weight excluding hydrogens is 284 g/mol. The first kappa shape index (κ1) is 17.5. The molecule has 0 fully saturated rings. The predicted molar refractivity (Wildman–Crippen MR) is 85.5 cm³/mol. The van der Waals surface area contributed by atoms with Crippen LogP contribution < -0.4 is 0 Å². The van der Waals surface area contributed by atoms with Crippen molar-refractivity contribution in [3.8, 4) is 11.8 Å². The zero-order valence-corrected chi connectivity index (χ0v) is 13.4. The lowest BCUT2D eigenvalue weighted by molar-refractivity contribution is 0.206. The van der Waals surface area contributed by atoms with Crippen LogP contribution >= 0.6 is 0 Å². The summed E-state index contributed by atoms with van der Waals surface area (Å²) >= 11 is 0. The van der Waals surface area contributed by atoms with Gasteiger partial charge in [-0.05, 0) is 25.0 Å². The van der Waals surface area contributed by atoms with Gasteiger partial charge in [-0.25, -0.2) is 8.42 Å². The molecule has 114 valence electrons. The molecule has 1 aromatic carbocycles. The Labute approximate surface area is 127 Å². The van der Waals surface area contributed by atoms with E-state index in [0.29, 0.717) is 29.9 Å². The third-order valence-electron chi connectivity index (χ3n) is 2.85. The first-order chi connectivity index (χ1) is 10.1. The van der Waals surface area contributed by atoms with E-state index >= 15 is 0 Å². The zero-order valence-electron chi connectivity index (χ0n) is 12.6. The largest absolute Gasteiger partial charge is 0.384 e. The van der Waals surface area contributed by atoms with Crippen LogP contribution in [0, 0.1) is 11.8 Å². The zero-order chi connectivity index (χ0) is 15.6. The van der Waals surface area contributed by atoms with Crippen molar-refractivity contribution in [1.82, 2.24) is 0 Å². The third-order valence-corrected chi connectivity index (χ3v) is 4.37. The molecule has 0 unspecified atom stereocenters. The highest BCUT2D eigenvalue weighted by Gasteiger charge is 2.11. The van der Waals surface area contributed by atoms with Gasteiger partial charge in [0.05, 0.1) is 11.5 Å². The SMILES string of the molecule is CCCC/C(C#CCCOC)=C\S(=O)(=O)c1ccccc1. The Balaban J connectivity index is 2.97. The van der Waals surface area contributed by atoms with Gasteiger partial charge in [-0.1, -0.05) is 43.4 Å². The molecule has 0 heterocycles. The van der Waals surface area contributed by atoms with E-state index in [4.69, 9.17) is 4.74 Å². The molecule has 21 heavy (non-hydrogen) atoms. The minimum atomic E-state index is -3.43. The van der Waals surface area contributed by atoms with Crippen molar-refractivity contribution in [3.63, 3.8) is 0 Å². The van der Waals surface area contributed by atoms with Gasteiger partial charge in [-0.3, -0.25) is 0 Å². The van der Waals surface area contributed by atoms with Crippen LogP contribution in [0.2, 0.25) is 0 Å². The Morgan fingerprint density at radius 1 is 1.29 bits per heavy atom. The summed E-state index contributed by atoms with van der Waals surface area (Å²) in [5, 5.41) is 1.30. The lowest BCUT2D eigenvalue weighted by atomic mass is 10.1. The Hall–Kier alpha value is -1.57. The molecule has 0 N–H and O–H groups in total. The third kappa shape index (κ3) is 6.61. The van der Waals surface area contributed by atoms with Crippen molar-refractivity contribution in [1.29, 1.82) is 0 Å². The van der Waals surface area contributed by atoms with E-state index in [1.54, 1.807) is 37.4 Å². The van der Waals surface area contributed by atoms with Crippen LogP contribution in [0.4, 0.5) is 0 Å². The number of methoxy groups -OCH3 is 1. The number of sulfone groups is 1. The number of ether oxygens (including phenoxy) is 1. The summed E-state index contributed by atoms with van der Waals surface area (Å²) in [6.45, 7) is 2.63. The van der Waals surface area contributed by atoms with Gasteiger partial charge >= 0.3 is 0 Å². The van der Waals surface area contributed by atoms with E-state index in [-0.39, 0.29) is 0 Å². The molecule has 0 aromatic heterocycles. The van der Waals surface area contributed by atoms with Crippen molar-refractivity contribution < 1.29 is 13.2 Å². The van der Waals surface area contributed by atoms with Crippen molar-refractivity contribution in [2.24, 2.45) is 0 Å². The molecule has 0 saturated carbocycles. The number of allylic oxidation sites excluding steroid dienone is 1. The van der Waals surface area contributed by atoms with Crippen LogP contribution in [-0.2, 0) is 14.6 Å². The van der Waals surface area contributed by atoms with Crippen molar-refractivity contribution in [2.45, 2.75) is 37.5 Å². The van der Waals surface area contributed by atoms with Gasteiger partial charge in [0.1, 0.15) is 0 Å². The first-order valence-electron chi connectivity index (χ1n) is 7.08. The maximum atomic E-state index is 12.3. The average Bonchev–Trinajstić information content (AvgIpc) is 2.49. The van der Waals surface area contributed by atoms with E-state index in [0.717, 1.165) is 12.8 Å². The van der Waals surface area contributed by atoms with Crippen molar-refractivity contribution in [2.75, 3.05) is 13.7 Å². The van der Waals surface area contributed by atoms with Crippen LogP contribution in [0.15, 0.2) is 46.2 Å². The second kappa shape index (κ2) is 9.38. The smallest absolute Gasteiger partial charge is 0.200 e. The van der Waals surface area contributed by atoms with Crippen LogP contribution in [0.5, 0.6) is 0 Å². The minimum absolute atomic E-state index is 0.303. The van der Waals surface area contributed by atoms with Gasteiger partial charge in [0.25, 0.3) is 0 Å². The van der Waals surface area contributed by atoms with Gasteiger partial charge in [-0.2, -0.15) is 0 Å². The summed E-state index contributed by atoms with van der Waals surface area (Å²) in [6.07, 6.45) is 3.21. The first-order valence-corrected chi connectivity index (χ1v) is 8.63. The Morgan fingerprint density at radius 2 is 2.00 bits per heavy atom. The Kier molecular flexibility index (Phi) is 7.81. The molecular formula is C17H22O3S. The number of hydrogen-bond donors (Lipinski definition) is 0. The summed E-state index contributed by atoms with van der Waals surface area (Å²) in [7, 11) is -1.81. The van der Waals surface area contributed by atoms with Crippen LogP contribution in [-0.4, -0.2) is 22.1 Å². The molecule has 0 aliphatic carbocycles. The van der Waals surface area contributed by atoms with Crippen LogP contribution in [0.3, 0.4) is 0 Å². The Morgan fingerprint density at radius 3 is 2.62 bits per heavy atom. The second-order valence-corrected chi connectivity index (χ2v) is 6.45. The lowest BCUT2D eigenvalue weighted by Gasteiger charge is -2.02. The molecule has 0 saturated heterocycles. The molecule has 3 nitrogen and oxygen atoms in total. The maximum Gasteiger partial charge on any atom is 0.200 e. The standard InChI is InChI=1S/C17H22O3S/c1-3-4-10-16(11-8-9-14-20-2)15-21(18,19)17-12-6-5-7-13-17/h5-7,12-13,15H,3-4,9-10,14H2,1-2H3/b16-15+.